The summed E-state index contributed by atoms with van der Waals surface area (Å²) >= 11 is 0. The molecule has 0 saturated heterocycles. The fraction of sp³-hybridized carbons (Fsp3) is 0.0870. The largest absolute Gasteiger partial charge is 0.427 e. The third-order valence-corrected chi connectivity index (χ3v) is 5.93. The van der Waals surface area contributed by atoms with E-state index in [0.29, 0.717) is 11.3 Å². The number of hydrogen-bond acceptors (Lipinski definition) is 6. The van der Waals surface area contributed by atoms with Crippen LogP contribution in [0, 0.1) is 0 Å². The van der Waals surface area contributed by atoms with Crippen LogP contribution in [0.25, 0.3) is 0 Å². The highest BCUT2D eigenvalue weighted by Gasteiger charge is 2.38. The number of sulfonamides is 1. The molecule has 168 valence electrons. The molecule has 1 aliphatic heterocycles. The maximum absolute atomic E-state index is 13.6. The first-order chi connectivity index (χ1) is 15.6. The number of benzene rings is 3. The molecule has 9 nitrogen and oxygen atoms in total. The van der Waals surface area contributed by atoms with E-state index < -0.39 is 33.8 Å². The SMILES string of the molecule is CC(=O)Oc1ccc(C(=O)N2c3ccc(S(N)(=O)=O)cc3NC(=O)C2c2ccccc2)cc1. The second kappa shape index (κ2) is 8.49. The van der Waals surface area contributed by atoms with Crippen molar-refractivity contribution in [3.8, 4) is 5.75 Å². The maximum atomic E-state index is 13.6. The van der Waals surface area contributed by atoms with E-state index in [1.54, 1.807) is 30.3 Å². The fourth-order valence-electron chi connectivity index (χ4n) is 3.59. The van der Waals surface area contributed by atoms with E-state index in [1.807, 2.05) is 0 Å². The summed E-state index contributed by atoms with van der Waals surface area (Å²) in [6.07, 6.45) is 0. The van der Waals surface area contributed by atoms with Crippen LogP contribution in [0.3, 0.4) is 0 Å². The Morgan fingerprint density at radius 2 is 1.67 bits per heavy atom. The summed E-state index contributed by atoms with van der Waals surface area (Å²) in [4.78, 5) is 39.0. The van der Waals surface area contributed by atoms with Crippen molar-refractivity contribution in [2.24, 2.45) is 5.14 Å². The Morgan fingerprint density at radius 1 is 1.00 bits per heavy atom. The van der Waals surface area contributed by atoms with Gasteiger partial charge in [0, 0.05) is 12.5 Å². The molecule has 1 atom stereocenters. The number of amides is 2. The van der Waals surface area contributed by atoms with Gasteiger partial charge in [0.05, 0.1) is 16.3 Å². The quantitative estimate of drug-likeness (QED) is 0.449. The maximum Gasteiger partial charge on any atom is 0.308 e. The molecule has 4 rings (SSSR count). The van der Waals surface area contributed by atoms with Gasteiger partial charge in [0.2, 0.25) is 10.0 Å². The third kappa shape index (κ3) is 4.47. The number of ether oxygens (including phenoxy) is 1. The van der Waals surface area contributed by atoms with Gasteiger partial charge >= 0.3 is 5.97 Å². The molecule has 1 aliphatic rings. The second-order valence-corrected chi connectivity index (χ2v) is 8.88. The normalized spacial score (nSPS) is 15.4. The van der Waals surface area contributed by atoms with E-state index in [1.165, 1.54) is 54.3 Å². The van der Waals surface area contributed by atoms with Gasteiger partial charge in [0.25, 0.3) is 11.8 Å². The fourth-order valence-corrected chi connectivity index (χ4v) is 4.13. The summed E-state index contributed by atoms with van der Waals surface area (Å²) in [5.41, 5.74) is 1.26. The molecule has 3 N–H and O–H groups in total. The number of fused-ring (bicyclic) bond motifs is 1. The smallest absolute Gasteiger partial charge is 0.308 e. The molecule has 0 saturated carbocycles. The Hall–Kier alpha value is -4.02. The number of carbonyl (C=O) groups is 3. The van der Waals surface area contributed by atoms with Gasteiger partial charge in [-0.3, -0.25) is 19.3 Å². The van der Waals surface area contributed by atoms with Gasteiger partial charge in [-0.1, -0.05) is 30.3 Å². The highest BCUT2D eigenvalue weighted by atomic mass is 32.2. The van der Waals surface area contributed by atoms with Crippen LogP contribution >= 0.6 is 0 Å². The zero-order chi connectivity index (χ0) is 23.8. The van der Waals surface area contributed by atoms with Gasteiger partial charge in [-0.05, 0) is 48.0 Å². The van der Waals surface area contributed by atoms with E-state index in [0.717, 1.165) is 0 Å². The summed E-state index contributed by atoms with van der Waals surface area (Å²) < 4.78 is 28.6. The van der Waals surface area contributed by atoms with Crippen molar-refractivity contribution < 1.29 is 27.5 Å². The van der Waals surface area contributed by atoms with Gasteiger partial charge < -0.3 is 10.1 Å². The van der Waals surface area contributed by atoms with Gasteiger partial charge in [-0.2, -0.15) is 0 Å². The number of hydrogen-bond donors (Lipinski definition) is 2. The Balaban J connectivity index is 1.83. The molecule has 10 heteroatoms. The summed E-state index contributed by atoms with van der Waals surface area (Å²) in [5, 5.41) is 7.90. The highest BCUT2D eigenvalue weighted by Crippen LogP contribution is 2.40. The molecule has 33 heavy (non-hydrogen) atoms. The molecule has 1 unspecified atom stereocenters. The van der Waals surface area contributed by atoms with Crippen molar-refractivity contribution in [3.05, 3.63) is 83.9 Å². The number of nitrogens with zero attached hydrogens (tertiary/aromatic N) is 1. The molecule has 0 aliphatic carbocycles. The van der Waals surface area contributed by atoms with Gasteiger partial charge in [-0.15, -0.1) is 0 Å². The topological polar surface area (TPSA) is 136 Å². The Labute approximate surface area is 189 Å². The van der Waals surface area contributed by atoms with Crippen molar-refractivity contribution >= 4 is 39.2 Å². The van der Waals surface area contributed by atoms with Crippen molar-refractivity contribution in [2.75, 3.05) is 10.2 Å². The molecule has 2 amide bonds. The van der Waals surface area contributed by atoms with Gasteiger partial charge in [0.15, 0.2) is 0 Å². The minimum absolute atomic E-state index is 0.142. The molecule has 0 fully saturated rings. The van der Waals surface area contributed by atoms with E-state index >= 15 is 0 Å². The van der Waals surface area contributed by atoms with E-state index in [9.17, 15) is 22.8 Å². The molecule has 0 bridgehead atoms. The van der Waals surface area contributed by atoms with Crippen LogP contribution in [0.1, 0.15) is 28.9 Å². The van der Waals surface area contributed by atoms with Crippen LogP contribution in [0.5, 0.6) is 5.75 Å². The molecule has 3 aromatic carbocycles. The summed E-state index contributed by atoms with van der Waals surface area (Å²) in [6, 6.07) is 17.6. The molecular weight excluding hydrogens is 446 g/mol. The summed E-state index contributed by atoms with van der Waals surface area (Å²) in [5.74, 6) is -1.23. The molecule has 0 aromatic heterocycles. The van der Waals surface area contributed by atoms with Crippen LogP contribution in [-0.4, -0.2) is 26.2 Å². The first-order valence-corrected chi connectivity index (χ1v) is 11.3. The number of carbonyl (C=O) groups excluding carboxylic acids is 3. The average molecular weight is 465 g/mol. The van der Waals surface area contributed by atoms with E-state index in [4.69, 9.17) is 9.88 Å². The molecule has 0 radical (unpaired) electrons. The predicted octanol–water partition coefficient (Wildman–Crippen LogP) is 2.60. The van der Waals surface area contributed by atoms with Crippen LogP contribution in [0.4, 0.5) is 11.4 Å². The number of anilines is 2. The molecule has 0 spiro atoms. The lowest BCUT2D eigenvalue weighted by molar-refractivity contribution is -0.131. The highest BCUT2D eigenvalue weighted by molar-refractivity contribution is 7.89. The number of nitrogens with one attached hydrogen (secondary N) is 1. The van der Waals surface area contributed by atoms with Crippen LogP contribution in [0.15, 0.2) is 77.7 Å². The lowest BCUT2D eigenvalue weighted by atomic mass is 9.99. The molecule has 3 aromatic rings. The average Bonchev–Trinajstić information content (AvgIpc) is 2.77. The lowest BCUT2D eigenvalue weighted by Gasteiger charge is -2.37. The van der Waals surface area contributed by atoms with Gasteiger partial charge in [0.1, 0.15) is 11.8 Å². The van der Waals surface area contributed by atoms with Crippen molar-refractivity contribution in [1.29, 1.82) is 0 Å². The lowest BCUT2D eigenvalue weighted by Crippen LogP contribution is -2.45. The van der Waals surface area contributed by atoms with E-state index in [-0.39, 0.29) is 21.9 Å². The summed E-state index contributed by atoms with van der Waals surface area (Å²) in [6.45, 7) is 1.27. The van der Waals surface area contributed by atoms with E-state index in [2.05, 4.69) is 5.32 Å². The predicted molar refractivity (Wildman–Crippen MR) is 120 cm³/mol. The number of nitrogens with two attached hydrogens (primary N) is 1. The Morgan fingerprint density at radius 3 is 2.27 bits per heavy atom. The number of rotatable bonds is 4. The third-order valence-electron chi connectivity index (χ3n) is 5.02. The van der Waals surface area contributed by atoms with Crippen LogP contribution in [0.2, 0.25) is 0 Å². The van der Waals surface area contributed by atoms with Crippen LogP contribution < -0.4 is 20.1 Å². The zero-order valence-corrected chi connectivity index (χ0v) is 18.2. The monoisotopic (exact) mass is 465 g/mol. The number of primary sulfonamides is 1. The number of esters is 1. The van der Waals surface area contributed by atoms with Crippen molar-refractivity contribution in [3.63, 3.8) is 0 Å². The molecule has 1 heterocycles. The van der Waals surface area contributed by atoms with Gasteiger partial charge in [-0.25, -0.2) is 13.6 Å². The minimum atomic E-state index is -4.02. The first-order valence-electron chi connectivity index (χ1n) is 9.80. The first kappa shape index (κ1) is 22.2. The summed E-state index contributed by atoms with van der Waals surface area (Å²) in [7, 11) is -4.02. The minimum Gasteiger partial charge on any atom is -0.427 e. The Bertz CT molecular complexity index is 1350. The van der Waals surface area contributed by atoms with Crippen molar-refractivity contribution in [1.82, 2.24) is 0 Å². The zero-order valence-electron chi connectivity index (χ0n) is 17.4. The Kier molecular flexibility index (Phi) is 5.71. The van der Waals surface area contributed by atoms with Crippen LogP contribution in [-0.2, 0) is 19.6 Å². The standard InChI is InChI=1S/C23H19N3O6S/c1-14(27)32-17-9-7-16(8-10-17)23(29)26-20-12-11-18(33(24,30)31)13-19(20)25-22(28)21(26)15-5-3-2-4-6-15/h2-13,21H,1H3,(H,25,28)(H2,24,30,31). The van der Waals surface area contributed by atoms with Crippen molar-refractivity contribution in [2.45, 2.75) is 17.9 Å². The molecular formula is C23H19N3O6S. The second-order valence-electron chi connectivity index (χ2n) is 7.32.